The van der Waals surface area contributed by atoms with Gasteiger partial charge in [0.2, 0.25) is 5.91 Å². The number of benzene rings is 1. The van der Waals surface area contributed by atoms with Crippen LogP contribution in [0.25, 0.3) is 11.0 Å². The highest BCUT2D eigenvalue weighted by molar-refractivity contribution is 14.0. The van der Waals surface area contributed by atoms with Gasteiger partial charge in [-0.3, -0.25) is 4.79 Å². The van der Waals surface area contributed by atoms with E-state index < -0.39 is 0 Å². The van der Waals surface area contributed by atoms with Crippen LogP contribution in [0.15, 0.2) is 29.3 Å². The maximum atomic E-state index is 12.0. The summed E-state index contributed by atoms with van der Waals surface area (Å²) >= 11 is 0. The minimum absolute atomic E-state index is 0. The fourth-order valence-electron chi connectivity index (χ4n) is 4.96. The Kier molecular flexibility index (Phi) is 8.18. The molecular weight excluding hydrogens is 503 g/mol. The summed E-state index contributed by atoms with van der Waals surface area (Å²) in [5, 5.41) is 7.09. The third-order valence-corrected chi connectivity index (χ3v) is 6.63. The van der Waals surface area contributed by atoms with Gasteiger partial charge in [-0.15, -0.1) is 24.0 Å². The number of hydrogen-bond donors (Lipinski definition) is 2. The molecule has 2 saturated carbocycles. The molecule has 4 rings (SSSR count). The number of aromatic nitrogens is 2. The number of halogens is 1. The van der Waals surface area contributed by atoms with Gasteiger partial charge < -0.3 is 20.1 Å². The van der Waals surface area contributed by atoms with Crippen LogP contribution in [0.5, 0.6) is 0 Å². The molecule has 0 spiro atoms. The highest BCUT2D eigenvalue weighted by Crippen LogP contribution is 2.44. The average molecular weight is 538 g/mol. The van der Waals surface area contributed by atoms with Gasteiger partial charge in [-0.1, -0.05) is 18.6 Å². The summed E-state index contributed by atoms with van der Waals surface area (Å²) in [5.74, 6) is 3.46. The zero-order valence-corrected chi connectivity index (χ0v) is 21.1. The van der Waals surface area contributed by atoms with Crippen molar-refractivity contribution in [2.24, 2.45) is 16.8 Å². The first-order valence-electron chi connectivity index (χ1n) is 11.2. The Balaban J connectivity index is 0.00000272. The third-order valence-electron chi connectivity index (χ3n) is 6.63. The second-order valence-corrected chi connectivity index (χ2v) is 8.96. The van der Waals surface area contributed by atoms with Crippen LogP contribution in [0, 0.1) is 18.8 Å². The molecular formula is C23H35IN6O. The second kappa shape index (κ2) is 10.7. The first-order chi connectivity index (χ1) is 14.5. The number of aryl methyl sites for hydroxylation is 2. The molecule has 1 aromatic carbocycles. The average Bonchev–Trinajstić information content (AvgIpc) is 3.43. The minimum Gasteiger partial charge on any atom is -0.356 e. The van der Waals surface area contributed by atoms with Crippen molar-refractivity contribution >= 4 is 46.9 Å². The Labute approximate surface area is 202 Å². The summed E-state index contributed by atoms with van der Waals surface area (Å²) in [6.45, 7) is 3.93. The Morgan fingerprint density at radius 1 is 1.26 bits per heavy atom. The second-order valence-electron chi connectivity index (χ2n) is 8.96. The molecule has 3 atom stereocenters. The number of carbonyl (C=O) groups is 1. The van der Waals surface area contributed by atoms with Crippen LogP contribution in [0.1, 0.15) is 37.9 Å². The number of likely N-dealkylation sites (N-methyl/N-ethyl adjacent to an activating group) is 1. The fraction of sp³-hybridized carbons (Fsp3) is 0.609. The van der Waals surface area contributed by atoms with Gasteiger partial charge in [-0.25, -0.2) is 9.98 Å². The topological polar surface area (TPSA) is 74.5 Å². The largest absolute Gasteiger partial charge is 0.356 e. The van der Waals surface area contributed by atoms with Crippen LogP contribution in [0.4, 0.5) is 0 Å². The first-order valence-corrected chi connectivity index (χ1v) is 11.2. The van der Waals surface area contributed by atoms with Gasteiger partial charge in [0.1, 0.15) is 12.4 Å². The lowest BCUT2D eigenvalue weighted by atomic mass is 9.95. The van der Waals surface area contributed by atoms with Gasteiger partial charge in [-0.05, 0) is 56.6 Å². The molecule has 1 aromatic heterocycles. The lowest BCUT2D eigenvalue weighted by Gasteiger charge is -2.25. The number of carbonyl (C=O) groups excluding carboxylic acids is 1. The summed E-state index contributed by atoms with van der Waals surface area (Å²) in [7, 11) is 3.54. The number of nitrogens with one attached hydrogen (secondary N) is 2. The van der Waals surface area contributed by atoms with E-state index in [1.807, 2.05) is 6.07 Å². The fourth-order valence-corrected chi connectivity index (χ4v) is 4.96. The standard InChI is InChI=1S/C23H34N6O.HI/c1-16-26-19-7-4-5-8-21(19)29(16)12-6-11-24-23(25-15-22(30)28(2)3)27-20-14-17-9-10-18(20)13-17;/h4-5,7-8,17-18,20H,6,9-15H2,1-3H3,(H2,24,25,27);1H. The molecule has 2 N–H and O–H groups in total. The molecule has 8 heteroatoms. The zero-order chi connectivity index (χ0) is 21.1. The summed E-state index contributed by atoms with van der Waals surface area (Å²) in [6.07, 6.45) is 6.22. The number of imidazole rings is 1. The first kappa shape index (κ1) is 23.8. The molecule has 0 saturated heterocycles. The van der Waals surface area contributed by atoms with Crippen molar-refractivity contribution in [3.8, 4) is 0 Å². The smallest absolute Gasteiger partial charge is 0.243 e. The lowest BCUT2D eigenvalue weighted by Crippen LogP contribution is -2.46. The Bertz CT molecular complexity index is 924. The van der Waals surface area contributed by atoms with E-state index >= 15 is 0 Å². The highest BCUT2D eigenvalue weighted by Gasteiger charge is 2.39. The molecule has 170 valence electrons. The van der Waals surface area contributed by atoms with E-state index in [1.165, 1.54) is 31.2 Å². The molecule has 31 heavy (non-hydrogen) atoms. The van der Waals surface area contributed by atoms with E-state index in [2.05, 4.69) is 50.3 Å². The molecule has 1 heterocycles. The maximum Gasteiger partial charge on any atom is 0.243 e. The van der Waals surface area contributed by atoms with Gasteiger partial charge in [0, 0.05) is 33.2 Å². The van der Waals surface area contributed by atoms with E-state index in [-0.39, 0.29) is 36.4 Å². The molecule has 2 aliphatic carbocycles. The van der Waals surface area contributed by atoms with Gasteiger partial charge in [0.25, 0.3) is 0 Å². The van der Waals surface area contributed by atoms with Crippen LogP contribution in [0.2, 0.25) is 0 Å². The number of para-hydroxylation sites is 2. The highest BCUT2D eigenvalue weighted by atomic mass is 127. The number of nitrogens with zero attached hydrogens (tertiary/aromatic N) is 4. The van der Waals surface area contributed by atoms with Gasteiger partial charge in [-0.2, -0.15) is 0 Å². The molecule has 2 aromatic rings. The maximum absolute atomic E-state index is 12.0. The normalized spacial score (nSPS) is 22.4. The number of aliphatic imine (C=N–C) groups is 1. The van der Waals surface area contributed by atoms with Gasteiger partial charge in [0.05, 0.1) is 11.0 Å². The number of guanidine groups is 1. The van der Waals surface area contributed by atoms with E-state index in [1.54, 1.807) is 19.0 Å². The number of fused-ring (bicyclic) bond motifs is 3. The van der Waals surface area contributed by atoms with Gasteiger partial charge >= 0.3 is 0 Å². The van der Waals surface area contributed by atoms with E-state index in [4.69, 9.17) is 0 Å². The van der Waals surface area contributed by atoms with E-state index in [0.717, 1.165) is 48.6 Å². The van der Waals surface area contributed by atoms with Crippen molar-refractivity contribution in [3.63, 3.8) is 0 Å². The lowest BCUT2D eigenvalue weighted by molar-refractivity contribution is -0.127. The van der Waals surface area contributed by atoms with E-state index in [0.29, 0.717) is 6.04 Å². The van der Waals surface area contributed by atoms with Crippen LogP contribution >= 0.6 is 24.0 Å². The van der Waals surface area contributed by atoms with Crippen LogP contribution in [-0.4, -0.2) is 59.5 Å². The molecule has 0 radical (unpaired) electrons. The minimum atomic E-state index is 0. The zero-order valence-electron chi connectivity index (χ0n) is 18.8. The molecule has 3 unspecified atom stereocenters. The van der Waals surface area contributed by atoms with Crippen molar-refractivity contribution in [3.05, 3.63) is 30.1 Å². The predicted octanol–water partition coefficient (Wildman–Crippen LogP) is 3.16. The monoisotopic (exact) mass is 538 g/mol. The summed E-state index contributed by atoms with van der Waals surface area (Å²) in [4.78, 5) is 22.8. The summed E-state index contributed by atoms with van der Waals surface area (Å²) in [6, 6.07) is 8.76. The molecule has 2 bridgehead atoms. The molecule has 2 aliphatic rings. The Hall–Kier alpha value is -1.84. The summed E-state index contributed by atoms with van der Waals surface area (Å²) in [5.41, 5.74) is 2.23. The number of hydrogen-bond acceptors (Lipinski definition) is 3. The number of amides is 1. The predicted molar refractivity (Wildman–Crippen MR) is 136 cm³/mol. The summed E-state index contributed by atoms with van der Waals surface area (Å²) < 4.78 is 2.27. The quantitative estimate of drug-likeness (QED) is 0.246. The Morgan fingerprint density at radius 3 is 2.77 bits per heavy atom. The third kappa shape index (κ3) is 5.70. The number of rotatable bonds is 7. The Morgan fingerprint density at radius 2 is 2.06 bits per heavy atom. The van der Waals surface area contributed by atoms with Crippen LogP contribution in [0.3, 0.4) is 0 Å². The van der Waals surface area contributed by atoms with Crippen LogP contribution < -0.4 is 10.6 Å². The SMILES string of the molecule is Cc1nc2ccccc2n1CCCNC(=NCC(=O)N(C)C)NC1CC2CCC1C2.I. The van der Waals surface area contributed by atoms with Crippen molar-refractivity contribution in [2.75, 3.05) is 27.2 Å². The molecule has 0 aliphatic heterocycles. The molecule has 1 amide bonds. The molecule has 2 fully saturated rings. The molecule has 7 nitrogen and oxygen atoms in total. The van der Waals surface area contributed by atoms with Crippen molar-refractivity contribution in [2.45, 2.75) is 51.6 Å². The van der Waals surface area contributed by atoms with Crippen molar-refractivity contribution in [1.29, 1.82) is 0 Å². The van der Waals surface area contributed by atoms with Crippen molar-refractivity contribution in [1.82, 2.24) is 25.1 Å². The van der Waals surface area contributed by atoms with Gasteiger partial charge in [0.15, 0.2) is 5.96 Å². The van der Waals surface area contributed by atoms with Crippen molar-refractivity contribution < 1.29 is 4.79 Å². The van der Waals surface area contributed by atoms with E-state index in [9.17, 15) is 4.79 Å². The van der Waals surface area contributed by atoms with Crippen LogP contribution in [-0.2, 0) is 11.3 Å².